The van der Waals surface area contributed by atoms with E-state index in [9.17, 15) is 19.5 Å². The van der Waals surface area contributed by atoms with E-state index in [1.165, 1.54) is 0 Å². The molecule has 0 aliphatic carbocycles. The summed E-state index contributed by atoms with van der Waals surface area (Å²) in [6.45, 7) is 13.4. The van der Waals surface area contributed by atoms with E-state index in [0.29, 0.717) is 6.41 Å². The number of carbonyl (C=O) groups excluding carboxylic acids is 2. The normalized spacial score (nSPS) is 13.9. The van der Waals surface area contributed by atoms with Crippen LogP contribution in [0.2, 0.25) is 5.04 Å². The number of imide groups is 1. The van der Waals surface area contributed by atoms with Gasteiger partial charge in [-0.3, -0.25) is 9.59 Å². The van der Waals surface area contributed by atoms with E-state index in [1.807, 2.05) is 36.4 Å². The summed E-state index contributed by atoms with van der Waals surface area (Å²) in [5.41, 5.74) is -0.834. The van der Waals surface area contributed by atoms with E-state index >= 15 is 0 Å². The van der Waals surface area contributed by atoms with E-state index in [0.717, 1.165) is 15.3 Å². The zero-order chi connectivity index (χ0) is 27.9. The Balaban J connectivity index is 2.50. The summed E-state index contributed by atoms with van der Waals surface area (Å²) < 4.78 is 12.3. The number of hydrogen-bond acceptors (Lipinski definition) is 5. The van der Waals surface area contributed by atoms with Gasteiger partial charge in [0.1, 0.15) is 5.60 Å². The molecule has 7 nitrogen and oxygen atoms in total. The first-order valence-corrected chi connectivity index (χ1v) is 14.6. The van der Waals surface area contributed by atoms with Crippen LogP contribution in [0.3, 0.4) is 0 Å². The lowest BCUT2D eigenvalue weighted by atomic mass is 9.93. The number of carboxylic acids is 1. The summed E-state index contributed by atoms with van der Waals surface area (Å²) in [6, 6.07) is 19.3. The highest BCUT2D eigenvalue weighted by Gasteiger charge is 2.50. The smallest absolute Gasteiger partial charge is 0.417 e. The minimum atomic E-state index is -2.87. The van der Waals surface area contributed by atoms with Crippen LogP contribution >= 0.6 is 0 Å². The first-order chi connectivity index (χ1) is 17.3. The molecule has 0 radical (unpaired) electrons. The third-order valence-corrected chi connectivity index (χ3v) is 11.5. The van der Waals surface area contributed by atoms with Crippen LogP contribution in [0.25, 0.3) is 0 Å². The lowest BCUT2D eigenvalue weighted by Crippen LogP contribution is -2.66. The fourth-order valence-electron chi connectivity index (χ4n) is 4.81. The average Bonchev–Trinajstić information content (AvgIpc) is 2.81. The van der Waals surface area contributed by atoms with Crippen molar-refractivity contribution in [2.45, 2.75) is 78.0 Å². The van der Waals surface area contributed by atoms with Gasteiger partial charge < -0.3 is 14.3 Å². The summed E-state index contributed by atoms with van der Waals surface area (Å²) >= 11 is 0. The Morgan fingerprint density at radius 1 is 0.946 bits per heavy atom. The quantitative estimate of drug-likeness (QED) is 0.332. The van der Waals surface area contributed by atoms with Crippen LogP contribution in [0.5, 0.6) is 0 Å². The number of aliphatic carboxylic acids is 1. The minimum Gasteiger partial charge on any atom is -0.481 e. The highest BCUT2D eigenvalue weighted by Crippen LogP contribution is 2.37. The summed E-state index contributed by atoms with van der Waals surface area (Å²) in [7, 11) is -2.87. The van der Waals surface area contributed by atoms with Crippen molar-refractivity contribution in [3.63, 3.8) is 0 Å². The summed E-state index contributed by atoms with van der Waals surface area (Å²) in [4.78, 5) is 38.0. The molecule has 37 heavy (non-hydrogen) atoms. The SMILES string of the molecule is CC[C@@H](C(=O)O)[C@@H](CCO[Si](c1ccccc1)(c1ccccc1)C(C)(C)C)N(C=O)C(=O)OC(C)(C)C. The molecule has 0 unspecified atom stereocenters. The van der Waals surface area contributed by atoms with Gasteiger partial charge in [0.2, 0.25) is 6.41 Å². The topological polar surface area (TPSA) is 93.1 Å². The molecular formula is C29H41NO6Si. The first-order valence-electron chi connectivity index (χ1n) is 12.7. The number of carboxylic acid groups (broad SMARTS) is 1. The van der Waals surface area contributed by atoms with Crippen LogP contribution in [-0.4, -0.2) is 55.0 Å². The Labute approximate surface area is 221 Å². The summed E-state index contributed by atoms with van der Waals surface area (Å²) in [6.07, 6.45) is -0.0926. The second-order valence-electron chi connectivity index (χ2n) is 11.2. The molecule has 0 aliphatic rings. The van der Waals surface area contributed by atoms with E-state index in [4.69, 9.17) is 9.16 Å². The number of benzene rings is 2. The molecular weight excluding hydrogens is 486 g/mol. The van der Waals surface area contributed by atoms with Crippen molar-refractivity contribution in [3.8, 4) is 0 Å². The van der Waals surface area contributed by atoms with Crippen LogP contribution in [0.4, 0.5) is 4.79 Å². The van der Waals surface area contributed by atoms with Gasteiger partial charge in [-0.1, -0.05) is 88.4 Å². The largest absolute Gasteiger partial charge is 0.481 e. The van der Waals surface area contributed by atoms with Crippen molar-refractivity contribution < 1.29 is 28.7 Å². The minimum absolute atomic E-state index is 0.160. The maximum atomic E-state index is 12.9. The average molecular weight is 528 g/mol. The van der Waals surface area contributed by atoms with Crippen molar-refractivity contribution in [1.82, 2.24) is 4.90 Å². The molecule has 0 bridgehead atoms. The third kappa shape index (κ3) is 7.29. The lowest BCUT2D eigenvalue weighted by molar-refractivity contribution is -0.145. The van der Waals surface area contributed by atoms with Gasteiger partial charge in [-0.15, -0.1) is 0 Å². The maximum Gasteiger partial charge on any atom is 0.417 e. The van der Waals surface area contributed by atoms with Crippen molar-refractivity contribution in [2.75, 3.05) is 6.61 Å². The Morgan fingerprint density at radius 2 is 1.43 bits per heavy atom. The predicted molar refractivity (Wildman–Crippen MR) is 148 cm³/mol. The molecule has 2 amide bonds. The number of rotatable bonds is 11. The number of hydrogen-bond donors (Lipinski definition) is 1. The first kappa shape index (κ1) is 30.3. The number of nitrogens with zero attached hydrogens (tertiary/aromatic N) is 1. The zero-order valence-corrected chi connectivity index (χ0v) is 24.1. The molecule has 0 aliphatic heterocycles. The fourth-order valence-corrected chi connectivity index (χ4v) is 9.39. The van der Waals surface area contributed by atoms with Gasteiger partial charge in [0.15, 0.2) is 0 Å². The predicted octanol–water partition coefficient (Wildman–Crippen LogP) is 4.83. The second-order valence-corrected chi connectivity index (χ2v) is 15.5. The lowest BCUT2D eigenvalue weighted by Gasteiger charge is -2.43. The molecule has 1 N–H and O–H groups in total. The van der Waals surface area contributed by atoms with Crippen molar-refractivity contribution in [3.05, 3.63) is 60.7 Å². The van der Waals surface area contributed by atoms with Crippen LogP contribution in [0, 0.1) is 5.92 Å². The highest BCUT2D eigenvalue weighted by molar-refractivity contribution is 6.99. The molecule has 202 valence electrons. The van der Waals surface area contributed by atoms with Gasteiger partial charge in [-0.05, 0) is 49.0 Å². The molecule has 2 aromatic carbocycles. The zero-order valence-electron chi connectivity index (χ0n) is 23.1. The Hall–Kier alpha value is -2.97. The Morgan fingerprint density at radius 3 is 1.78 bits per heavy atom. The van der Waals surface area contributed by atoms with Crippen LogP contribution < -0.4 is 10.4 Å². The second kappa shape index (κ2) is 12.5. The standard InChI is InChI=1S/C29H41NO6Si/c1-8-24(26(32)33)25(30(21-31)27(34)36-28(2,3)4)19-20-35-37(29(5,6)7,22-15-11-9-12-16-22)23-17-13-10-14-18-23/h9-18,21,24-25H,8,19-20H2,1-7H3,(H,32,33)/t24-,25-/m1/s1. The van der Waals surface area contributed by atoms with Gasteiger partial charge in [0.05, 0.1) is 12.0 Å². The van der Waals surface area contributed by atoms with Gasteiger partial charge in [-0.2, -0.15) is 0 Å². The van der Waals surface area contributed by atoms with Gasteiger partial charge >= 0.3 is 12.1 Å². The summed E-state index contributed by atoms with van der Waals surface area (Å²) in [5, 5.41) is 11.8. The van der Waals surface area contributed by atoms with Crippen LogP contribution in [0.1, 0.15) is 61.3 Å². The monoisotopic (exact) mass is 527 g/mol. The Bertz CT molecular complexity index is 990. The molecule has 0 saturated carbocycles. The van der Waals surface area contributed by atoms with E-state index in [2.05, 4.69) is 45.0 Å². The Kier molecular flexibility index (Phi) is 10.2. The van der Waals surface area contributed by atoms with Crippen molar-refractivity contribution in [1.29, 1.82) is 0 Å². The highest BCUT2D eigenvalue weighted by atomic mass is 28.4. The number of carbonyl (C=O) groups is 3. The summed E-state index contributed by atoms with van der Waals surface area (Å²) in [5.74, 6) is -2.03. The molecule has 0 aromatic heterocycles. The van der Waals surface area contributed by atoms with Gasteiger partial charge in [0, 0.05) is 6.61 Å². The van der Waals surface area contributed by atoms with Crippen molar-refractivity contribution >= 4 is 37.2 Å². The van der Waals surface area contributed by atoms with E-state index in [-0.39, 0.29) is 24.5 Å². The van der Waals surface area contributed by atoms with Crippen molar-refractivity contribution in [2.24, 2.45) is 5.92 Å². The number of ether oxygens (including phenoxy) is 1. The van der Waals surface area contributed by atoms with Gasteiger partial charge in [0.25, 0.3) is 8.32 Å². The maximum absolute atomic E-state index is 12.9. The molecule has 0 saturated heterocycles. The molecule has 0 fully saturated rings. The molecule has 0 spiro atoms. The molecule has 2 aromatic rings. The molecule has 2 rings (SSSR count). The molecule has 0 heterocycles. The molecule has 2 atom stereocenters. The number of amides is 2. The molecule has 8 heteroatoms. The van der Waals surface area contributed by atoms with Crippen LogP contribution in [-0.2, 0) is 18.8 Å². The third-order valence-electron chi connectivity index (χ3n) is 6.45. The van der Waals surface area contributed by atoms with E-state index < -0.39 is 37.9 Å². The van der Waals surface area contributed by atoms with Gasteiger partial charge in [-0.25, -0.2) is 9.69 Å². The van der Waals surface area contributed by atoms with E-state index in [1.54, 1.807) is 27.7 Å². The van der Waals surface area contributed by atoms with Crippen LogP contribution in [0.15, 0.2) is 60.7 Å². The fraction of sp³-hybridized carbons (Fsp3) is 0.483.